The van der Waals surface area contributed by atoms with Gasteiger partial charge in [0.2, 0.25) is 0 Å². The first-order valence-electron chi connectivity index (χ1n) is 13.0. The van der Waals surface area contributed by atoms with Gasteiger partial charge in [0.1, 0.15) is 30.6 Å². The average Bonchev–Trinajstić information content (AvgIpc) is 3.46. The number of aromatic nitrogens is 1. The van der Waals surface area contributed by atoms with Crippen molar-refractivity contribution in [1.29, 1.82) is 0 Å². The van der Waals surface area contributed by atoms with Crippen LogP contribution in [0.4, 0.5) is 4.39 Å². The highest BCUT2D eigenvalue weighted by Gasteiger charge is 2.35. The van der Waals surface area contributed by atoms with Gasteiger partial charge in [0.25, 0.3) is 0 Å². The third kappa shape index (κ3) is 7.32. The molecular formula is C27H33BrFN5O5S. The van der Waals surface area contributed by atoms with Crippen molar-refractivity contribution in [3.05, 3.63) is 61.9 Å². The number of hydrogen-bond donors (Lipinski definition) is 2. The molecule has 4 rings (SSSR count). The Bertz CT molecular complexity index is 1270. The van der Waals surface area contributed by atoms with Crippen LogP contribution in [0.15, 0.2) is 50.5 Å². The zero-order valence-electron chi connectivity index (χ0n) is 22.6. The fraction of sp³-hybridized carbons (Fsp3) is 0.481. The zero-order valence-corrected chi connectivity index (χ0v) is 25.0. The van der Waals surface area contributed by atoms with Crippen LogP contribution in [0.1, 0.15) is 37.4 Å². The van der Waals surface area contributed by atoms with Gasteiger partial charge in [-0.3, -0.25) is 14.7 Å². The average molecular weight is 639 g/mol. The van der Waals surface area contributed by atoms with E-state index in [1.54, 1.807) is 19.2 Å². The first-order chi connectivity index (χ1) is 19.2. The number of aliphatic imine (C=N–C) groups is 1. The summed E-state index contributed by atoms with van der Waals surface area (Å²) in [4.78, 5) is 36.9. The van der Waals surface area contributed by atoms with E-state index in [2.05, 4.69) is 31.1 Å². The monoisotopic (exact) mass is 637 g/mol. The maximum Gasteiger partial charge on any atom is 0.338 e. The van der Waals surface area contributed by atoms with Crippen LogP contribution in [0, 0.1) is 11.7 Å². The van der Waals surface area contributed by atoms with Crippen LogP contribution in [0.3, 0.4) is 0 Å². The fourth-order valence-corrected chi connectivity index (χ4v) is 5.51. The fourth-order valence-electron chi connectivity index (χ4n) is 4.36. The summed E-state index contributed by atoms with van der Waals surface area (Å²) in [6.45, 7) is 7.51. The van der Waals surface area contributed by atoms with E-state index in [0.717, 1.165) is 0 Å². The van der Waals surface area contributed by atoms with Crippen molar-refractivity contribution in [3.8, 4) is 0 Å². The SMILES string of the molecule is CCOC(=O)C1=C(CN2CCO[C@H](COC(=O)[C@@H](N)C(C)C)C2)NC(c2nccs2)=NC1c1ccc(F)cc1Br. The van der Waals surface area contributed by atoms with E-state index < -0.39 is 29.8 Å². The number of nitrogens with two attached hydrogens (primary N) is 1. The van der Waals surface area contributed by atoms with Crippen molar-refractivity contribution >= 4 is 45.0 Å². The number of halogens is 2. The first-order valence-corrected chi connectivity index (χ1v) is 14.7. The second kappa shape index (κ2) is 13.8. The van der Waals surface area contributed by atoms with Crippen molar-refractivity contribution in [2.45, 2.75) is 39.0 Å². The second-order valence-electron chi connectivity index (χ2n) is 9.75. The molecule has 13 heteroatoms. The Kier molecular flexibility index (Phi) is 10.4. The molecule has 1 unspecified atom stereocenters. The van der Waals surface area contributed by atoms with Crippen LogP contribution in [0.25, 0.3) is 0 Å². The Hall–Kier alpha value is -2.71. The number of hydrogen-bond acceptors (Lipinski definition) is 11. The molecule has 1 aromatic carbocycles. The third-order valence-corrected chi connectivity index (χ3v) is 7.99. The molecule has 0 saturated carbocycles. The lowest BCUT2D eigenvalue weighted by molar-refractivity contribution is -0.153. The van der Waals surface area contributed by atoms with Gasteiger partial charge in [-0.25, -0.2) is 14.2 Å². The maximum absolute atomic E-state index is 14.0. The van der Waals surface area contributed by atoms with Crippen LogP contribution in [-0.4, -0.2) is 79.3 Å². The molecule has 2 aliphatic heterocycles. The van der Waals surface area contributed by atoms with E-state index in [-0.39, 0.29) is 25.2 Å². The highest BCUT2D eigenvalue weighted by molar-refractivity contribution is 9.10. The van der Waals surface area contributed by atoms with Crippen molar-refractivity contribution < 1.29 is 28.2 Å². The van der Waals surface area contributed by atoms with E-state index in [0.29, 0.717) is 58.4 Å². The molecule has 1 saturated heterocycles. The number of rotatable bonds is 10. The standard InChI is InChI=1S/C27H33BrFN5O5S/c1-4-37-26(35)21-20(13-34-8-9-38-17(12-34)14-39-27(36)22(30)15(2)3)32-24(25-31-7-10-40-25)33-23(21)18-6-5-16(29)11-19(18)28/h5-7,10-11,15,17,22-23H,4,8-9,12-14,30H2,1-3H3,(H,32,33)/t17-,22-,23?/m0/s1. The van der Waals surface area contributed by atoms with Gasteiger partial charge in [-0.15, -0.1) is 11.3 Å². The lowest BCUT2D eigenvalue weighted by atomic mass is 9.95. The summed E-state index contributed by atoms with van der Waals surface area (Å²) in [6.07, 6.45) is 1.32. The molecule has 0 aliphatic carbocycles. The summed E-state index contributed by atoms with van der Waals surface area (Å²) in [7, 11) is 0. The van der Waals surface area contributed by atoms with Gasteiger partial charge >= 0.3 is 11.9 Å². The number of morpholine rings is 1. The van der Waals surface area contributed by atoms with E-state index in [4.69, 9.17) is 24.9 Å². The van der Waals surface area contributed by atoms with Crippen LogP contribution < -0.4 is 11.1 Å². The van der Waals surface area contributed by atoms with E-state index in [9.17, 15) is 14.0 Å². The molecule has 3 heterocycles. The molecule has 2 aliphatic rings. The molecule has 0 amide bonds. The summed E-state index contributed by atoms with van der Waals surface area (Å²) in [5.74, 6) is -0.932. The second-order valence-corrected chi connectivity index (χ2v) is 11.5. The van der Waals surface area contributed by atoms with Crippen molar-refractivity contribution in [2.24, 2.45) is 16.6 Å². The molecule has 3 N–H and O–H groups in total. The molecular weight excluding hydrogens is 605 g/mol. The molecule has 0 radical (unpaired) electrons. The third-order valence-electron chi connectivity index (χ3n) is 6.52. The van der Waals surface area contributed by atoms with Gasteiger partial charge < -0.3 is 25.3 Å². The van der Waals surface area contributed by atoms with Crippen LogP contribution in [0.2, 0.25) is 0 Å². The first kappa shape index (κ1) is 30.3. The van der Waals surface area contributed by atoms with Crippen molar-refractivity contribution in [3.63, 3.8) is 0 Å². The molecule has 10 nitrogen and oxygen atoms in total. The topological polar surface area (TPSA) is 128 Å². The summed E-state index contributed by atoms with van der Waals surface area (Å²) in [5.41, 5.74) is 7.44. The number of thiazole rings is 1. The van der Waals surface area contributed by atoms with Gasteiger partial charge in [0.05, 0.1) is 18.8 Å². The number of esters is 2. The van der Waals surface area contributed by atoms with Crippen LogP contribution >= 0.6 is 27.3 Å². The minimum Gasteiger partial charge on any atom is -0.463 e. The Balaban J connectivity index is 1.62. The maximum atomic E-state index is 14.0. The lowest BCUT2D eigenvalue weighted by Crippen LogP contribution is -2.48. The largest absolute Gasteiger partial charge is 0.463 e. The molecule has 0 spiro atoms. The number of amidine groups is 1. The summed E-state index contributed by atoms with van der Waals surface area (Å²) < 4.78 is 31.1. The van der Waals surface area contributed by atoms with E-state index >= 15 is 0 Å². The van der Waals surface area contributed by atoms with Gasteiger partial charge in [-0.2, -0.15) is 0 Å². The minimum absolute atomic E-state index is 0.0373. The summed E-state index contributed by atoms with van der Waals surface area (Å²) >= 11 is 4.85. The Morgan fingerprint density at radius 1 is 1.35 bits per heavy atom. The zero-order chi connectivity index (χ0) is 28.8. The van der Waals surface area contributed by atoms with E-state index in [1.165, 1.54) is 23.5 Å². The number of benzene rings is 1. The van der Waals surface area contributed by atoms with Gasteiger partial charge in [-0.05, 0) is 30.5 Å². The van der Waals surface area contributed by atoms with Gasteiger partial charge in [0.15, 0.2) is 10.8 Å². The molecule has 216 valence electrons. The van der Waals surface area contributed by atoms with Crippen LogP contribution in [-0.2, 0) is 23.8 Å². The Labute approximate surface area is 244 Å². The van der Waals surface area contributed by atoms with Crippen molar-refractivity contribution in [1.82, 2.24) is 15.2 Å². The minimum atomic E-state index is -0.764. The highest BCUT2D eigenvalue weighted by atomic mass is 79.9. The van der Waals surface area contributed by atoms with Gasteiger partial charge in [0, 0.05) is 41.4 Å². The quantitative estimate of drug-likeness (QED) is 0.377. The lowest BCUT2D eigenvalue weighted by Gasteiger charge is -2.35. The smallest absolute Gasteiger partial charge is 0.338 e. The Morgan fingerprint density at radius 3 is 2.83 bits per heavy atom. The summed E-state index contributed by atoms with van der Waals surface area (Å²) in [6, 6.07) is 2.82. The number of carbonyl (C=O) groups excluding carboxylic acids is 2. The van der Waals surface area contributed by atoms with Crippen LogP contribution in [0.5, 0.6) is 0 Å². The molecule has 1 fully saturated rings. The molecule has 2 aromatic rings. The van der Waals surface area contributed by atoms with Crippen molar-refractivity contribution in [2.75, 3.05) is 39.5 Å². The number of carbonyl (C=O) groups is 2. The molecule has 0 bridgehead atoms. The molecule has 1 aromatic heterocycles. The normalized spacial score (nSPS) is 20.6. The molecule has 3 atom stereocenters. The summed E-state index contributed by atoms with van der Waals surface area (Å²) in [5, 5.41) is 5.81. The number of nitrogens with one attached hydrogen (secondary N) is 1. The van der Waals surface area contributed by atoms with Gasteiger partial charge in [-0.1, -0.05) is 35.8 Å². The Morgan fingerprint density at radius 2 is 2.15 bits per heavy atom. The number of ether oxygens (including phenoxy) is 3. The predicted octanol–water partition coefficient (Wildman–Crippen LogP) is 3.18. The predicted molar refractivity (Wildman–Crippen MR) is 152 cm³/mol. The number of nitrogens with zero attached hydrogens (tertiary/aromatic N) is 3. The highest BCUT2D eigenvalue weighted by Crippen LogP contribution is 2.37. The molecule has 40 heavy (non-hydrogen) atoms. The van der Waals surface area contributed by atoms with E-state index in [1.807, 2.05) is 19.2 Å².